The molecule has 0 heterocycles. The molecule has 42 heavy (non-hydrogen) atoms. The van der Waals surface area contributed by atoms with Gasteiger partial charge in [0, 0.05) is 12.8 Å². The Kier molecular flexibility index (Phi) is 30.7. The van der Waals surface area contributed by atoms with Crippen LogP contribution >= 0.6 is 0 Å². The molecule has 6 heteroatoms. The first-order chi connectivity index (χ1) is 20.5. The number of allylic oxidation sites excluding steroid dienone is 2. The molecule has 0 aromatic carbocycles. The lowest BCUT2D eigenvalue weighted by molar-refractivity contribution is -0.150. The Morgan fingerprint density at radius 2 is 1.02 bits per heavy atom. The number of hydrogen-bond donors (Lipinski definition) is 2. The van der Waals surface area contributed by atoms with Crippen molar-refractivity contribution in [3.05, 3.63) is 12.2 Å². The van der Waals surface area contributed by atoms with E-state index in [4.69, 9.17) is 9.84 Å². The maximum absolute atomic E-state index is 12.6. The highest BCUT2D eigenvalue weighted by Crippen LogP contribution is 2.18. The summed E-state index contributed by atoms with van der Waals surface area (Å²) >= 11 is 0. The number of hydrogen-bond acceptors (Lipinski definition) is 4. The fourth-order valence-corrected chi connectivity index (χ4v) is 5.27. The Bertz CT molecular complexity index is 663. The number of rotatable bonds is 32. The van der Waals surface area contributed by atoms with Crippen molar-refractivity contribution in [3.63, 3.8) is 0 Å². The first-order valence-corrected chi connectivity index (χ1v) is 17.8. The van der Waals surface area contributed by atoms with Gasteiger partial charge in [-0.25, -0.2) is 0 Å². The Balaban J connectivity index is 4.09. The standard InChI is InChI=1S/C36H67NO5/c1-3-5-7-9-11-12-13-14-15-16-18-23-27-31-36(41)42-33(28-24-20-17-10-8-6-4-2)29-25-21-19-22-26-30-34(38)37-32-35(39)40/h12-13,33H,3-11,14-32H2,1-2H3,(H,37,38)(H,39,40)/b13-12-. The van der Waals surface area contributed by atoms with Crippen molar-refractivity contribution in [2.45, 2.75) is 193 Å². The van der Waals surface area contributed by atoms with Crippen molar-refractivity contribution in [2.24, 2.45) is 0 Å². The van der Waals surface area contributed by atoms with Crippen LogP contribution < -0.4 is 5.32 Å². The van der Waals surface area contributed by atoms with Crippen LogP contribution in [0, 0.1) is 0 Å². The van der Waals surface area contributed by atoms with Crippen LogP contribution in [-0.4, -0.2) is 35.6 Å². The highest BCUT2D eigenvalue weighted by Gasteiger charge is 2.14. The lowest BCUT2D eigenvalue weighted by Gasteiger charge is -2.18. The Morgan fingerprint density at radius 1 is 0.595 bits per heavy atom. The number of unbranched alkanes of at least 4 members (excludes halogenated alkanes) is 19. The largest absolute Gasteiger partial charge is 0.480 e. The van der Waals surface area contributed by atoms with Gasteiger partial charge in [0.05, 0.1) is 0 Å². The lowest BCUT2D eigenvalue weighted by Crippen LogP contribution is -2.28. The zero-order chi connectivity index (χ0) is 30.9. The number of ether oxygens (including phenoxy) is 1. The first-order valence-electron chi connectivity index (χ1n) is 17.8. The summed E-state index contributed by atoms with van der Waals surface area (Å²) in [6, 6.07) is 0. The number of carbonyl (C=O) groups is 3. The minimum Gasteiger partial charge on any atom is -0.480 e. The molecule has 0 spiro atoms. The van der Waals surface area contributed by atoms with E-state index < -0.39 is 5.97 Å². The second-order valence-electron chi connectivity index (χ2n) is 12.1. The summed E-state index contributed by atoms with van der Waals surface area (Å²) in [6.45, 7) is 4.19. The molecule has 0 saturated heterocycles. The molecule has 6 nitrogen and oxygen atoms in total. The number of amides is 1. The molecule has 2 N–H and O–H groups in total. The van der Waals surface area contributed by atoms with E-state index in [1.807, 2.05) is 0 Å². The summed E-state index contributed by atoms with van der Waals surface area (Å²) < 4.78 is 5.96. The van der Waals surface area contributed by atoms with E-state index in [0.29, 0.717) is 12.8 Å². The number of carbonyl (C=O) groups excluding carboxylic acids is 2. The molecule has 0 aromatic rings. The maximum atomic E-state index is 12.6. The van der Waals surface area contributed by atoms with Crippen LogP contribution in [0.15, 0.2) is 12.2 Å². The zero-order valence-corrected chi connectivity index (χ0v) is 27.6. The van der Waals surface area contributed by atoms with Gasteiger partial charge in [-0.2, -0.15) is 0 Å². The molecule has 0 aliphatic heterocycles. The fourth-order valence-electron chi connectivity index (χ4n) is 5.27. The quantitative estimate of drug-likeness (QED) is 0.0460. The van der Waals surface area contributed by atoms with Crippen molar-refractivity contribution in [1.29, 1.82) is 0 Å². The van der Waals surface area contributed by atoms with Crippen molar-refractivity contribution in [2.75, 3.05) is 6.54 Å². The van der Waals surface area contributed by atoms with E-state index in [1.54, 1.807) is 0 Å². The van der Waals surface area contributed by atoms with E-state index >= 15 is 0 Å². The van der Waals surface area contributed by atoms with E-state index in [2.05, 4.69) is 31.3 Å². The molecule has 1 atom stereocenters. The third-order valence-corrected chi connectivity index (χ3v) is 7.94. The first kappa shape index (κ1) is 40.1. The molecule has 246 valence electrons. The molecule has 0 rings (SSSR count). The van der Waals surface area contributed by atoms with Crippen LogP contribution in [-0.2, 0) is 19.1 Å². The summed E-state index contributed by atoms with van der Waals surface area (Å²) in [5.41, 5.74) is 0. The molecule has 0 aliphatic carbocycles. The van der Waals surface area contributed by atoms with Crippen LogP contribution in [0.2, 0.25) is 0 Å². The maximum Gasteiger partial charge on any atom is 0.322 e. The minimum atomic E-state index is -1.02. The summed E-state index contributed by atoms with van der Waals surface area (Å²) in [6.07, 6.45) is 34.7. The van der Waals surface area contributed by atoms with Gasteiger partial charge in [0.25, 0.3) is 0 Å². The van der Waals surface area contributed by atoms with E-state index in [1.165, 1.54) is 96.3 Å². The van der Waals surface area contributed by atoms with Crippen molar-refractivity contribution in [1.82, 2.24) is 5.32 Å². The van der Waals surface area contributed by atoms with Crippen molar-refractivity contribution in [3.8, 4) is 0 Å². The molecule has 1 unspecified atom stereocenters. The van der Waals surface area contributed by atoms with Gasteiger partial charge in [0.2, 0.25) is 5.91 Å². The van der Waals surface area contributed by atoms with E-state index in [-0.39, 0.29) is 24.5 Å². The lowest BCUT2D eigenvalue weighted by atomic mass is 10.0. The third kappa shape index (κ3) is 31.1. The zero-order valence-electron chi connectivity index (χ0n) is 27.6. The topological polar surface area (TPSA) is 92.7 Å². The highest BCUT2D eigenvalue weighted by molar-refractivity contribution is 5.80. The predicted molar refractivity (Wildman–Crippen MR) is 176 cm³/mol. The van der Waals surface area contributed by atoms with Gasteiger partial charge in [0.15, 0.2) is 0 Å². The SMILES string of the molecule is CCCCCC/C=C\CCCCCCCC(=O)OC(CCCCCCCCC)CCCCCCCC(=O)NCC(=O)O. The normalized spacial score (nSPS) is 12.0. The molecule has 0 bridgehead atoms. The van der Waals surface area contributed by atoms with Gasteiger partial charge in [-0.1, -0.05) is 122 Å². The smallest absolute Gasteiger partial charge is 0.322 e. The van der Waals surface area contributed by atoms with Crippen LogP contribution in [0.5, 0.6) is 0 Å². The van der Waals surface area contributed by atoms with Gasteiger partial charge in [0.1, 0.15) is 12.6 Å². The Hall–Kier alpha value is -1.85. The van der Waals surface area contributed by atoms with Crippen LogP contribution in [0.3, 0.4) is 0 Å². The van der Waals surface area contributed by atoms with Crippen molar-refractivity contribution < 1.29 is 24.2 Å². The van der Waals surface area contributed by atoms with E-state index in [0.717, 1.165) is 64.2 Å². The summed E-state index contributed by atoms with van der Waals surface area (Å²) in [7, 11) is 0. The number of carboxylic acid groups (broad SMARTS) is 1. The number of aliphatic carboxylic acids is 1. The molecule has 0 aliphatic rings. The molecule has 0 radical (unpaired) electrons. The van der Waals surface area contributed by atoms with Crippen LogP contribution in [0.25, 0.3) is 0 Å². The van der Waals surface area contributed by atoms with Gasteiger partial charge in [-0.15, -0.1) is 0 Å². The Morgan fingerprint density at radius 3 is 1.55 bits per heavy atom. The highest BCUT2D eigenvalue weighted by atomic mass is 16.5. The summed E-state index contributed by atoms with van der Waals surface area (Å²) in [5.74, 6) is -1.24. The Labute approximate surface area is 259 Å². The number of nitrogens with one attached hydrogen (secondary N) is 1. The van der Waals surface area contributed by atoms with E-state index in [9.17, 15) is 14.4 Å². The van der Waals surface area contributed by atoms with Gasteiger partial charge in [-0.3, -0.25) is 14.4 Å². The molecule has 0 aromatic heterocycles. The average Bonchev–Trinajstić information content (AvgIpc) is 2.97. The monoisotopic (exact) mass is 594 g/mol. The average molecular weight is 594 g/mol. The molecular formula is C36H67NO5. The molecule has 0 saturated carbocycles. The fraction of sp³-hybridized carbons (Fsp3) is 0.861. The summed E-state index contributed by atoms with van der Waals surface area (Å²) in [5, 5.41) is 11.0. The number of esters is 1. The third-order valence-electron chi connectivity index (χ3n) is 7.94. The van der Waals surface area contributed by atoms with Crippen molar-refractivity contribution >= 4 is 17.8 Å². The molecule has 1 amide bonds. The van der Waals surface area contributed by atoms with Crippen LogP contribution in [0.4, 0.5) is 0 Å². The van der Waals surface area contributed by atoms with Crippen LogP contribution in [0.1, 0.15) is 187 Å². The van der Waals surface area contributed by atoms with Gasteiger partial charge < -0.3 is 15.2 Å². The molecular weight excluding hydrogens is 526 g/mol. The second kappa shape index (κ2) is 32.1. The second-order valence-corrected chi connectivity index (χ2v) is 12.1. The van der Waals surface area contributed by atoms with Gasteiger partial charge in [-0.05, 0) is 64.2 Å². The minimum absolute atomic E-state index is 0.0266. The van der Waals surface area contributed by atoms with Gasteiger partial charge >= 0.3 is 11.9 Å². The summed E-state index contributed by atoms with van der Waals surface area (Å²) in [4.78, 5) is 34.7. The number of carboxylic acids is 1. The molecule has 0 fully saturated rings. The predicted octanol–water partition coefficient (Wildman–Crippen LogP) is 10.2.